The first-order valence-electron chi connectivity index (χ1n) is 5.82. The molecule has 0 saturated heterocycles. The Morgan fingerprint density at radius 3 is 2.56 bits per heavy atom. The van der Waals surface area contributed by atoms with Gasteiger partial charge in [-0.15, -0.1) is 0 Å². The molecule has 0 amide bonds. The van der Waals surface area contributed by atoms with Crippen LogP contribution in [0.4, 0.5) is 0 Å². The average molecular weight is 222 g/mol. The summed E-state index contributed by atoms with van der Waals surface area (Å²) in [4.78, 5) is 0. The molecule has 0 aliphatic carbocycles. The van der Waals surface area contributed by atoms with Gasteiger partial charge in [-0.1, -0.05) is 12.1 Å². The lowest BCUT2D eigenvalue weighted by molar-refractivity contribution is 0.414. The Bertz CT molecular complexity index is 284. The maximum absolute atomic E-state index is 5.44. The normalized spacial score (nSPS) is 12.4. The van der Waals surface area contributed by atoms with Gasteiger partial charge in [-0.25, -0.2) is 0 Å². The van der Waals surface area contributed by atoms with Gasteiger partial charge in [0, 0.05) is 19.1 Å². The topological polar surface area (TPSA) is 47.3 Å². The molecule has 1 rings (SSSR count). The van der Waals surface area contributed by atoms with Gasteiger partial charge in [0.2, 0.25) is 0 Å². The first-order valence-corrected chi connectivity index (χ1v) is 5.82. The Balaban J connectivity index is 2.30. The maximum Gasteiger partial charge on any atom is 0.118 e. The summed E-state index contributed by atoms with van der Waals surface area (Å²) in [6, 6.07) is 8.77. The Morgan fingerprint density at radius 1 is 1.31 bits per heavy atom. The van der Waals surface area contributed by atoms with Gasteiger partial charge in [0.1, 0.15) is 5.75 Å². The second-order valence-electron chi connectivity index (χ2n) is 4.03. The van der Waals surface area contributed by atoms with Crippen molar-refractivity contribution in [2.24, 2.45) is 5.73 Å². The maximum atomic E-state index is 5.44. The zero-order valence-corrected chi connectivity index (χ0v) is 10.2. The Labute approximate surface area is 98.0 Å². The largest absolute Gasteiger partial charge is 0.497 e. The predicted octanol–water partition coefficient (Wildman–Crippen LogP) is 1.56. The van der Waals surface area contributed by atoms with Crippen LogP contribution in [0.5, 0.6) is 5.75 Å². The van der Waals surface area contributed by atoms with E-state index in [4.69, 9.17) is 10.5 Å². The second-order valence-corrected chi connectivity index (χ2v) is 4.03. The van der Waals surface area contributed by atoms with Crippen molar-refractivity contribution in [1.29, 1.82) is 0 Å². The molecule has 1 atom stereocenters. The molecule has 0 aliphatic rings. The van der Waals surface area contributed by atoms with Crippen LogP contribution in [0, 0.1) is 0 Å². The number of hydrogen-bond acceptors (Lipinski definition) is 3. The molecule has 1 aromatic carbocycles. The number of hydrogen-bond donors (Lipinski definition) is 2. The van der Waals surface area contributed by atoms with Gasteiger partial charge in [-0.3, -0.25) is 0 Å². The molecule has 0 fully saturated rings. The molecule has 3 N–H and O–H groups in total. The number of nitrogens with one attached hydrogen (secondary N) is 1. The summed E-state index contributed by atoms with van der Waals surface area (Å²) >= 11 is 0. The number of ether oxygens (including phenoxy) is 1. The lowest BCUT2D eigenvalue weighted by atomic mass is 10.1. The summed E-state index contributed by atoms with van der Waals surface area (Å²) in [5, 5.41) is 3.38. The van der Waals surface area contributed by atoms with Gasteiger partial charge in [0.15, 0.2) is 0 Å². The van der Waals surface area contributed by atoms with Crippen molar-refractivity contribution in [3.05, 3.63) is 29.8 Å². The van der Waals surface area contributed by atoms with E-state index in [2.05, 4.69) is 24.4 Å². The first kappa shape index (κ1) is 13.0. The molecule has 16 heavy (non-hydrogen) atoms. The SMILES string of the molecule is COc1ccc(CCC(C)NCCN)cc1. The zero-order chi connectivity index (χ0) is 11.8. The van der Waals surface area contributed by atoms with Crippen molar-refractivity contribution in [3.63, 3.8) is 0 Å². The Morgan fingerprint density at radius 2 is 2.00 bits per heavy atom. The summed E-state index contributed by atoms with van der Waals surface area (Å²) in [5.41, 5.74) is 6.79. The summed E-state index contributed by atoms with van der Waals surface area (Å²) in [6.07, 6.45) is 2.22. The van der Waals surface area contributed by atoms with E-state index in [1.807, 2.05) is 12.1 Å². The fourth-order valence-corrected chi connectivity index (χ4v) is 1.61. The van der Waals surface area contributed by atoms with E-state index in [-0.39, 0.29) is 0 Å². The van der Waals surface area contributed by atoms with Crippen LogP contribution in [-0.2, 0) is 6.42 Å². The van der Waals surface area contributed by atoms with Gasteiger partial charge in [0.25, 0.3) is 0 Å². The van der Waals surface area contributed by atoms with Crippen molar-refractivity contribution in [3.8, 4) is 5.75 Å². The third kappa shape index (κ3) is 4.64. The lowest BCUT2D eigenvalue weighted by Crippen LogP contribution is -2.31. The summed E-state index contributed by atoms with van der Waals surface area (Å²) in [5.74, 6) is 0.915. The number of rotatable bonds is 7. The quantitative estimate of drug-likeness (QED) is 0.736. The van der Waals surface area contributed by atoms with Crippen LogP contribution in [0.1, 0.15) is 18.9 Å². The molecule has 90 valence electrons. The van der Waals surface area contributed by atoms with Crippen molar-refractivity contribution in [1.82, 2.24) is 5.32 Å². The molecule has 0 radical (unpaired) electrons. The van der Waals surface area contributed by atoms with E-state index >= 15 is 0 Å². The number of aryl methyl sites for hydroxylation is 1. The monoisotopic (exact) mass is 222 g/mol. The molecule has 3 heteroatoms. The highest BCUT2D eigenvalue weighted by atomic mass is 16.5. The minimum absolute atomic E-state index is 0.519. The third-order valence-corrected chi connectivity index (χ3v) is 2.66. The van der Waals surface area contributed by atoms with Crippen molar-refractivity contribution in [2.45, 2.75) is 25.8 Å². The van der Waals surface area contributed by atoms with E-state index in [0.717, 1.165) is 25.1 Å². The molecule has 0 spiro atoms. The molecular formula is C13H22N2O. The van der Waals surface area contributed by atoms with Crippen LogP contribution in [-0.4, -0.2) is 26.2 Å². The van der Waals surface area contributed by atoms with Crippen molar-refractivity contribution >= 4 is 0 Å². The molecular weight excluding hydrogens is 200 g/mol. The van der Waals surface area contributed by atoms with Crippen LogP contribution in [0.15, 0.2) is 24.3 Å². The summed E-state index contributed by atoms with van der Waals surface area (Å²) in [7, 11) is 1.69. The Kier molecular flexibility index (Phi) is 5.90. The zero-order valence-electron chi connectivity index (χ0n) is 10.2. The second kappa shape index (κ2) is 7.25. The van der Waals surface area contributed by atoms with Gasteiger partial charge < -0.3 is 15.8 Å². The van der Waals surface area contributed by atoms with Gasteiger partial charge in [-0.2, -0.15) is 0 Å². The molecule has 0 saturated carbocycles. The van der Waals surface area contributed by atoms with Crippen LogP contribution >= 0.6 is 0 Å². The number of nitrogens with two attached hydrogens (primary N) is 1. The van der Waals surface area contributed by atoms with E-state index in [0.29, 0.717) is 12.6 Å². The van der Waals surface area contributed by atoms with E-state index in [1.54, 1.807) is 7.11 Å². The van der Waals surface area contributed by atoms with Crippen LogP contribution in [0.2, 0.25) is 0 Å². The fourth-order valence-electron chi connectivity index (χ4n) is 1.61. The Hall–Kier alpha value is -1.06. The fraction of sp³-hybridized carbons (Fsp3) is 0.538. The highest BCUT2D eigenvalue weighted by molar-refractivity contribution is 5.27. The van der Waals surface area contributed by atoms with Crippen molar-refractivity contribution in [2.75, 3.05) is 20.2 Å². The minimum atomic E-state index is 0.519. The van der Waals surface area contributed by atoms with Crippen LogP contribution in [0.25, 0.3) is 0 Å². The van der Waals surface area contributed by atoms with Crippen LogP contribution in [0.3, 0.4) is 0 Å². The highest BCUT2D eigenvalue weighted by Crippen LogP contribution is 2.13. The summed E-state index contributed by atoms with van der Waals surface area (Å²) < 4.78 is 5.12. The van der Waals surface area contributed by atoms with E-state index in [1.165, 1.54) is 5.56 Å². The van der Waals surface area contributed by atoms with E-state index in [9.17, 15) is 0 Å². The lowest BCUT2D eigenvalue weighted by Gasteiger charge is -2.12. The average Bonchev–Trinajstić information content (AvgIpc) is 2.34. The van der Waals surface area contributed by atoms with E-state index < -0.39 is 0 Å². The number of benzene rings is 1. The van der Waals surface area contributed by atoms with Crippen LogP contribution < -0.4 is 15.8 Å². The standard InChI is InChI=1S/C13H22N2O/c1-11(15-10-9-14)3-4-12-5-7-13(16-2)8-6-12/h5-8,11,15H,3-4,9-10,14H2,1-2H3. The molecule has 0 bridgehead atoms. The molecule has 0 heterocycles. The van der Waals surface area contributed by atoms with Crippen molar-refractivity contribution < 1.29 is 4.74 Å². The van der Waals surface area contributed by atoms with Gasteiger partial charge in [-0.05, 0) is 37.5 Å². The number of methoxy groups -OCH3 is 1. The third-order valence-electron chi connectivity index (χ3n) is 2.66. The summed E-state index contributed by atoms with van der Waals surface area (Å²) in [6.45, 7) is 3.79. The molecule has 1 unspecified atom stereocenters. The predicted molar refractivity (Wildman–Crippen MR) is 67.8 cm³/mol. The molecule has 0 aliphatic heterocycles. The smallest absolute Gasteiger partial charge is 0.118 e. The van der Waals surface area contributed by atoms with Gasteiger partial charge in [0.05, 0.1) is 7.11 Å². The molecule has 0 aromatic heterocycles. The molecule has 1 aromatic rings. The highest BCUT2D eigenvalue weighted by Gasteiger charge is 2.01. The van der Waals surface area contributed by atoms with Gasteiger partial charge >= 0.3 is 0 Å². The first-order chi connectivity index (χ1) is 7.76. The minimum Gasteiger partial charge on any atom is -0.497 e. The molecule has 3 nitrogen and oxygen atoms in total.